The van der Waals surface area contributed by atoms with E-state index in [9.17, 15) is 28.4 Å². The van der Waals surface area contributed by atoms with Gasteiger partial charge in [0.2, 0.25) is 0 Å². The molecule has 0 unspecified atom stereocenters. The smallest absolute Gasteiger partial charge is 0.335 e. The highest BCUT2D eigenvalue weighted by Gasteiger charge is 2.37. The molecular formula is C27H18FN3O6. The van der Waals surface area contributed by atoms with Gasteiger partial charge in [-0.05, 0) is 60.2 Å². The number of rotatable bonds is 5. The predicted molar refractivity (Wildman–Crippen MR) is 129 cm³/mol. The summed E-state index contributed by atoms with van der Waals surface area (Å²) in [7, 11) is 1.43. The molecule has 0 bridgehead atoms. The van der Waals surface area contributed by atoms with Crippen LogP contribution in [0.15, 0.2) is 72.3 Å². The molecule has 0 aliphatic carbocycles. The minimum atomic E-state index is -0.959. The van der Waals surface area contributed by atoms with Crippen LogP contribution in [0.2, 0.25) is 0 Å². The van der Waals surface area contributed by atoms with Crippen LogP contribution in [0.3, 0.4) is 0 Å². The molecule has 6 amide bonds. The van der Waals surface area contributed by atoms with Crippen LogP contribution < -0.4 is 15.0 Å². The second-order valence-corrected chi connectivity index (χ2v) is 8.25. The molecule has 2 heterocycles. The van der Waals surface area contributed by atoms with Crippen molar-refractivity contribution in [3.63, 3.8) is 0 Å². The van der Waals surface area contributed by atoms with Crippen LogP contribution in [-0.2, 0) is 16.1 Å². The van der Waals surface area contributed by atoms with Gasteiger partial charge in [0.15, 0.2) is 0 Å². The fourth-order valence-electron chi connectivity index (χ4n) is 4.21. The number of nitrogens with one attached hydrogen (secondary N) is 1. The number of ether oxygens (including phenoxy) is 1. The highest BCUT2D eigenvalue weighted by Crippen LogP contribution is 2.29. The largest absolute Gasteiger partial charge is 0.496 e. The summed E-state index contributed by atoms with van der Waals surface area (Å²) in [4.78, 5) is 65.4. The minimum absolute atomic E-state index is 0.0864. The van der Waals surface area contributed by atoms with Gasteiger partial charge in [0.05, 0.1) is 30.5 Å². The van der Waals surface area contributed by atoms with E-state index in [1.54, 1.807) is 42.5 Å². The maximum Gasteiger partial charge on any atom is 0.335 e. The van der Waals surface area contributed by atoms with Crippen molar-refractivity contribution >= 4 is 41.4 Å². The molecule has 1 fully saturated rings. The van der Waals surface area contributed by atoms with Gasteiger partial charge in [0.1, 0.15) is 17.1 Å². The number of barbiturate groups is 1. The molecule has 37 heavy (non-hydrogen) atoms. The first-order valence-electron chi connectivity index (χ1n) is 11.1. The van der Waals surface area contributed by atoms with E-state index in [4.69, 9.17) is 4.74 Å². The third-order valence-corrected chi connectivity index (χ3v) is 6.01. The zero-order chi connectivity index (χ0) is 26.3. The van der Waals surface area contributed by atoms with Crippen molar-refractivity contribution in [2.45, 2.75) is 6.54 Å². The van der Waals surface area contributed by atoms with Gasteiger partial charge in [-0.3, -0.25) is 29.4 Å². The van der Waals surface area contributed by atoms with Crippen molar-refractivity contribution in [3.05, 3.63) is 100 Å². The molecule has 3 aromatic rings. The van der Waals surface area contributed by atoms with E-state index in [-0.39, 0.29) is 17.8 Å². The van der Waals surface area contributed by atoms with E-state index in [0.717, 1.165) is 21.9 Å². The van der Waals surface area contributed by atoms with Crippen molar-refractivity contribution in [2.24, 2.45) is 0 Å². The number of nitrogens with zero attached hydrogens (tertiary/aromatic N) is 2. The van der Waals surface area contributed by atoms with E-state index in [2.05, 4.69) is 5.32 Å². The zero-order valence-corrected chi connectivity index (χ0v) is 19.4. The Kier molecular flexibility index (Phi) is 5.84. The van der Waals surface area contributed by atoms with Crippen molar-refractivity contribution in [1.82, 2.24) is 10.2 Å². The Morgan fingerprint density at radius 1 is 0.865 bits per heavy atom. The monoisotopic (exact) mass is 499 g/mol. The number of hydrogen-bond acceptors (Lipinski definition) is 6. The highest BCUT2D eigenvalue weighted by molar-refractivity contribution is 6.39. The number of amides is 6. The van der Waals surface area contributed by atoms with Gasteiger partial charge in [0.25, 0.3) is 23.6 Å². The first-order valence-corrected chi connectivity index (χ1v) is 11.1. The molecule has 1 N–H and O–H groups in total. The number of hydrogen-bond donors (Lipinski definition) is 1. The second-order valence-electron chi connectivity index (χ2n) is 8.25. The zero-order valence-electron chi connectivity index (χ0n) is 19.4. The van der Waals surface area contributed by atoms with Crippen LogP contribution in [0.5, 0.6) is 5.75 Å². The number of imide groups is 3. The van der Waals surface area contributed by atoms with Crippen molar-refractivity contribution in [3.8, 4) is 5.75 Å². The summed E-state index contributed by atoms with van der Waals surface area (Å²) in [6, 6.07) is 14.9. The lowest BCUT2D eigenvalue weighted by Gasteiger charge is -2.26. The Labute approximate surface area is 209 Å². The molecule has 0 saturated carbocycles. The van der Waals surface area contributed by atoms with Crippen LogP contribution in [-0.4, -0.2) is 41.7 Å². The molecule has 0 spiro atoms. The Morgan fingerprint density at radius 2 is 1.51 bits per heavy atom. The molecular weight excluding hydrogens is 481 g/mol. The third-order valence-electron chi connectivity index (χ3n) is 6.01. The topological polar surface area (TPSA) is 113 Å². The van der Waals surface area contributed by atoms with E-state index < -0.39 is 35.5 Å². The maximum atomic E-state index is 13.3. The van der Waals surface area contributed by atoms with Gasteiger partial charge in [-0.25, -0.2) is 14.1 Å². The molecule has 2 aliphatic rings. The summed E-state index contributed by atoms with van der Waals surface area (Å²) >= 11 is 0. The summed E-state index contributed by atoms with van der Waals surface area (Å²) < 4.78 is 18.7. The Balaban J connectivity index is 1.47. The summed E-state index contributed by atoms with van der Waals surface area (Å²) in [5.41, 5.74) is 1.21. The van der Waals surface area contributed by atoms with Crippen LogP contribution in [0, 0.1) is 5.82 Å². The molecule has 10 heteroatoms. The lowest BCUT2D eigenvalue weighted by Crippen LogP contribution is -2.54. The first-order chi connectivity index (χ1) is 17.8. The maximum absolute atomic E-state index is 13.3. The number of methoxy groups -OCH3 is 1. The average Bonchev–Trinajstić information content (AvgIpc) is 3.12. The van der Waals surface area contributed by atoms with Crippen LogP contribution in [0.1, 0.15) is 31.8 Å². The van der Waals surface area contributed by atoms with Crippen molar-refractivity contribution in [2.75, 3.05) is 12.0 Å². The number of carbonyl (C=O) groups excluding carboxylic acids is 5. The lowest BCUT2D eigenvalue weighted by molar-refractivity contribution is -0.122. The number of fused-ring (bicyclic) bond motifs is 1. The molecule has 1 saturated heterocycles. The van der Waals surface area contributed by atoms with Gasteiger partial charge in [-0.15, -0.1) is 0 Å². The van der Waals surface area contributed by atoms with Crippen LogP contribution >= 0.6 is 0 Å². The van der Waals surface area contributed by atoms with E-state index in [1.165, 1.54) is 25.3 Å². The van der Waals surface area contributed by atoms with E-state index in [1.807, 2.05) is 0 Å². The number of halogens is 1. The Bertz CT molecular complexity index is 1490. The van der Waals surface area contributed by atoms with Gasteiger partial charge in [-0.1, -0.05) is 18.2 Å². The number of anilines is 1. The van der Waals surface area contributed by atoms with Crippen molar-refractivity contribution in [1.29, 1.82) is 0 Å². The molecule has 0 aromatic heterocycles. The minimum Gasteiger partial charge on any atom is -0.496 e. The second kappa shape index (κ2) is 9.15. The quantitative estimate of drug-likeness (QED) is 0.328. The van der Waals surface area contributed by atoms with Crippen molar-refractivity contribution < 1.29 is 33.1 Å². The SMILES string of the molecule is COc1ccc(C=C2C(=O)NC(=O)N(c3ccc(F)cc3)C2=O)cc1CN1C(=O)c2ccccc2C1=O. The van der Waals surface area contributed by atoms with Crippen LogP contribution in [0.25, 0.3) is 6.08 Å². The molecule has 0 radical (unpaired) electrons. The van der Waals surface area contributed by atoms with E-state index >= 15 is 0 Å². The van der Waals surface area contributed by atoms with Gasteiger partial charge >= 0.3 is 6.03 Å². The molecule has 5 rings (SSSR count). The first kappa shape index (κ1) is 23.6. The summed E-state index contributed by atoms with van der Waals surface area (Å²) in [5.74, 6) is -2.84. The van der Waals surface area contributed by atoms with Gasteiger partial charge in [0, 0.05) is 5.56 Å². The number of benzene rings is 3. The van der Waals surface area contributed by atoms with Crippen LogP contribution in [0.4, 0.5) is 14.9 Å². The van der Waals surface area contributed by atoms with Gasteiger partial charge in [-0.2, -0.15) is 0 Å². The fourth-order valence-corrected chi connectivity index (χ4v) is 4.21. The normalized spacial score (nSPS) is 16.4. The third kappa shape index (κ3) is 4.14. The molecule has 0 atom stereocenters. The summed E-state index contributed by atoms with van der Waals surface area (Å²) in [6.45, 7) is -0.104. The average molecular weight is 499 g/mol. The molecule has 9 nitrogen and oxygen atoms in total. The molecule has 3 aromatic carbocycles. The predicted octanol–water partition coefficient (Wildman–Crippen LogP) is 3.30. The number of urea groups is 1. The Hall–Kier alpha value is -5.12. The number of carbonyl (C=O) groups is 5. The lowest BCUT2D eigenvalue weighted by atomic mass is 10.0. The van der Waals surface area contributed by atoms with Gasteiger partial charge < -0.3 is 4.74 Å². The summed E-state index contributed by atoms with van der Waals surface area (Å²) in [6.07, 6.45) is 1.28. The highest BCUT2D eigenvalue weighted by atomic mass is 19.1. The molecule has 2 aliphatic heterocycles. The standard InChI is InChI=1S/C27H18FN3O6/c1-37-22-11-6-15(12-16(22)14-30-24(33)19-4-2-3-5-20(19)25(30)34)13-21-23(32)29-27(36)31(26(21)35)18-9-7-17(28)8-10-18/h2-13H,14H2,1H3,(H,29,32,36). The Morgan fingerprint density at radius 3 is 2.14 bits per heavy atom. The fraction of sp³-hybridized carbons (Fsp3) is 0.0741. The summed E-state index contributed by atoms with van der Waals surface area (Å²) in [5, 5.41) is 2.10. The molecule has 184 valence electrons. The van der Waals surface area contributed by atoms with E-state index in [0.29, 0.717) is 28.0 Å².